The van der Waals surface area contributed by atoms with E-state index in [-0.39, 0.29) is 0 Å². The van der Waals surface area contributed by atoms with E-state index in [2.05, 4.69) is 9.98 Å². The molecule has 0 atom stereocenters. The molecule has 21 heavy (non-hydrogen) atoms. The fourth-order valence-electron chi connectivity index (χ4n) is 1.44. The van der Waals surface area contributed by atoms with Gasteiger partial charge in [0.2, 0.25) is 12.2 Å². The molecule has 1 radical (unpaired) electrons. The lowest BCUT2D eigenvalue weighted by Gasteiger charge is -2.06. The lowest BCUT2D eigenvalue weighted by Crippen LogP contribution is -2.10. The van der Waals surface area contributed by atoms with Crippen molar-refractivity contribution in [1.29, 1.82) is 0 Å². The molecule has 0 heterocycles. The van der Waals surface area contributed by atoms with Crippen LogP contribution in [0.3, 0.4) is 0 Å². The number of rotatable bonds is 6. The summed E-state index contributed by atoms with van der Waals surface area (Å²) in [6, 6.07) is 13.0. The largest absolute Gasteiger partial charge is 0.658 e. The Morgan fingerprint density at radius 3 is 1.43 bits per heavy atom. The summed E-state index contributed by atoms with van der Waals surface area (Å²) >= 11 is 0. The third-order valence-electron chi connectivity index (χ3n) is 2.39. The molecule has 7 heteroatoms. The van der Waals surface area contributed by atoms with Gasteiger partial charge in [0.15, 0.2) is 0 Å². The van der Waals surface area contributed by atoms with Gasteiger partial charge in [0, 0.05) is 0 Å². The molecule has 0 aliphatic heterocycles. The number of carbonyl (C=O) groups excluding carboxylic acids is 2. The minimum absolute atomic E-state index is 0.490. The smallest absolute Gasteiger partial charge is 0.526 e. The summed E-state index contributed by atoms with van der Waals surface area (Å²) in [4.78, 5) is 27.1. The normalized spacial score (nSPS) is 8.95. The maximum atomic E-state index is 10.1. The SMILES string of the molecule is O=C=Nc1ccc(O[B]Oc2ccc(N=C=O)cc2)cc1. The molecule has 0 aliphatic rings. The van der Waals surface area contributed by atoms with Gasteiger partial charge in [-0.15, -0.1) is 0 Å². The first-order valence-electron chi connectivity index (χ1n) is 5.83. The Balaban J connectivity index is 1.85. The molecule has 2 rings (SSSR count). The Labute approximate surface area is 121 Å². The first-order valence-corrected chi connectivity index (χ1v) is 5.83. The van der Waals surface area contributed by atoms with E-state index in [4.69, 9.17) is 9.31 Å². The van der Waals surface area contributed by atoms with Crippen LogP contribution in [0.4, 0.5) is 11.4 Å². The minimum Gasteiger partial charge on any atom is -0.526 e. The van der Waals surface area contributed by atoms with Crippen molar-refractivity contribution in [3.05, 3.63) is 48.5 Å². The van der Waals surface area contributed by atoms with Gasteiger partial charge in [-0.25, -0.2) is 9.59 Å². The van der Waals surface area contributed by atoms with Crippen LogP contribution < -0.4 is 9.31 Å². The van der Waals surface area contributed by atoms with Gasteiger partial charge in [-0.05, 0) is 48.5 Å². The van der Waals surface area contributed by atoms with Gasteiger partial charge in [-0.2, -0.15) is 9.98 Å². The van der Waals surface area contributed by atoms with Crippen LogP contribution in [0.1, 0.15) is 0 Å². The van der Waals surface area contributed by atoms with Crippen LogP contribution in [0.2, 0.25) is 0 Å². The molecule has 2 aromatic carbocycles. The summed E-state index contributed by atoms with van der Waals surface area (Å²) in [7, 11) is 1.16. The summed E-state index contributed by atoms with van der Waals surface area (Å²) in [6.45, 7) is 0. The van der Waals surface area contributed by atoms with Gasteiger partial charge in [0.1, 0.15) is 11.5 Å². The highest BCUT2D eigenvalue weighted by atomic mass is 16.6. The van der Waals surface area contributed by atoms with Crippen LogP contribution in [-0.2, 0) is 9.59 Å². The van der Waals surface area contributed by atoms with E-state index in [1.807, 2.05) is 0 Å². The first-order chi connectivity index (χ1) is 10.3. The van der Waals surface area contributed by atoms with Gasteiger partial charge < -0.3 is 9.31 Å². The fourth-order valence-corrected chi connectivity index (χ4v) is 1.44. The average molecular weight is 279 g/mol. The van der Waals surface area contributed by atoms with E-state index in [1.54, 1.807) is 48.5 Å². The highest BCUT2D eigenvalue weighted by Gasteiger charge is 2.02. The molecular formula is C14H8BN2O4. The molecule has 0 aliphatic carbocycles. The summed E-state index contributed by atoms with van der Waals surface area (Å²) in [5, 5.41) is 0. The zero-order valence-electron chi connectivity index (χ0n) is 10.7. The van der Waals surface area contributed by atoms with E-state index < -0.39 is 0 Å². The van der Waals surface area contributed by atoms with Crippen molar-refractivity contribution in [2.45, 2.75) is 0 Å². The second-order valence-corrected chi connectivity index (χ2v) is 3.73. The van der Waals surface area contributed by atoms with Crippen molar-refractivity contribution in [2.24, 2.45) is 9.98 Å². The molecule has 6 nitrogen and oxygen atoms in total. The minimum atomic E-state index is 0.490. The standard InChI is InChI=1S/C14H8BN2O4/c18-9-16-11-1-5-13(6-2-11)20-15-21-14-7-3-12(4-8-14)17-10-19/h1-8H. The van der Waals surface area contributed by atoms with Gasteiger partial charge in [0.05, 0.1) is 11.4 Å². The van der Waals surface area contributed by atoms with E-state index in [0.717, 1.165) is 7.69 Å². The van der Waals surface area contributed by atoms with Crippen molar-refractivity contribution in [3.63, 3.8) is 0 Å². The maximum absolute atomic E-state index is 10.1. The van der Waals surface area contributed by atoms with Crippen LogP contribution >= 0.6 is 0 Å². The lowest BCUT2D eigenvalue weighted by molar-refractivity contribution is 0.459. The molecule has 0 spiro atoms. The van der Waals surface area contributed by atoms with Crippen molar-refractivity contribution >= 4 is 31.2 Å². The summed E-state index contributed by atoms with van der Waals surface area (Å²) in [6.07, 6.45) is 2.90. The summed E-state index contributed by atoms with van der Waals surface area (Å²) in [5.41, 5.74) is 0.981. The topological polar surface area (TPSA) is 77.3 Å². The number of aliphatic imine (C=N–C) groups is 2. The van der Waals surface area contributed by atoms with Crippen LogP contribution in [0, 0.1) is 0 Å². The van der Waals surface area contributed by atoms with Crippen molar-refractivity contribution in [3.8, 4) is 11.5 Å². The lowest BCUT2D eigenvalue weighted by atomic mass is 10.2. The van der Waals surface area contributed by atoms with Gasteiger partial charge >= 0.3 is 7.69 Å². The first kappa shape index (κ1) is 14.3. The Morgan fingerprint density at radius 1 is 0.714 bits per heavy atom. The second-order valence-electron chi connectivity index (χ2n) is 3.73. The number of hydrogen-bond donors (Lipinski definition) is 0. The molecule has 0 saturated heterocycles. The number of nitrogens with zero attached hydrogens (tertiary/aromatic N) is 2. The molecule has 0 saturated carbocycles. The number of benzene rings is 2. The van der Waals surface area contributed by atoms with Gasteiger partial charge in [-0.3, -0.25) is 0 Å². The molecule has 2 aromatic rings. The Kier molecular flexibility index (Phi) is 5.07. The summed E-state index contributed by atoms with van der Waals surface area (Å²) < 4.78 is 10.5. The van der Waals surface area contributed by atoms with E-state index in [1.165, 1.54) is 12.2 Å². The van der Waals surface area contributed by atoms with Crippen molar-refractivity contribution in [2.75, 3.05) is 0 Å². The van der Waals surface area contributed by atoms with Crippen molar-refractivity contribution in [1.82, 2.24) is 0 Å². The van der Waals surface area contributed by atoms with E-state index in [9.17, 15) is 9.59 Å². The third-order valence-corrected chi connectivity index (χ3v) is 2.39. The molecule has 0 N–H and O–H groups in total. The predicted octanol–water partition coefficient (Wildman–Crippen LogP) is 2.61. The average Bonchev–Trinajstić information content (AvgIpc) is 2.51. The van der Waals surface area contributed by atoms with Crippen LogP contribution in [-0.4, -0.2) is 19.8 Å². The second kappa shape index (κ2) is 7.45. The molecule has 0 fully saturated rings. The zero-order chi connectivity index (χ0) is 14.9. The summed E-state index contributed by atoms with van der Waals surface area (Å²) in [5.74, 6) is 1.06. The Morgan fingerprint density at radius 2 is 1.10 bits per heavy atom. The molecular weight excluding hydrogens is 271 g/mol. The molecule has 101 valence electrons. The Bertz CT molecular complexity index is 626. The van der Waals surface area contributed by atoms with Crippen molar-refractivity contribution < 1.29 is 18.9 Å². The van der Waals surface area contributed by atoms with E-state index >= 15 is 0 Å². The predicted molar refractivity (Wildman–Crippen MR) is 75.5 cm³/mol. The fraction of sp³-hybridized carbons (Fsp3) is 0. The molecule has 0 amide bonds. The van der Waals surface area contributed by atoms with Crippen LogP contribution in [0.15, 0.2) is 58.5 Å². The molecule has 0 aromatic heterocycles. The third kappa shape index (κ3) is 4.47. The number of isocyanates is 2. The highest BCUT2D eigenvalue weighted by molar-refractivity contribution is 6.20. The van der Waals surface area contributed by atoms with E-state index in [0.29, 0.717) is 22.9 Å². The Hall–Kier alpha value is -3.14. The van der Waals surface area contributed by atoms with Gasteiger partial charge in [-0.1, -0.05) is 0 Å². The molecule has 0 bridgehead atoms. The monoisotopic (exact) mass is 279 g/mol. The van der Waals surface area contributed by atoms with Crippen LogP contribution in [0.5, 0.6) is 11.5 Å². The highest BCUT2D eigenvalue weighted by Crippen LogP contribution is 2.19. The van der Waals surface area contributed by atoms with Gasteiger partial charge in [0.25, 0.3) is 0 Å². The maximum Gasteiger partial charge on any atom is 0.658 e. The van der Waals surface area contributed by atoms with Crippen LogP contribution in [0.25, 0.3) is 0 Å². The number of hydrogen-bond acceptors (Lipinski definition) is 6. The zero-order valence-corrected chi connectivity index (χ0v) is 10.7. The quantitative estimate of drug-likeness (QED) is 0.462. The molecule has 0 unspecified atom stereocenters.